The lowest BCUT2D eigenvalue weighted by atomic mass is 10.2. The van der Waals surface area contributed by atoms with E-state index in [-0.39, 0.29) is 11.0 Å². The minimum atomic E-state index is -0.312. The van der Waals surface area contributed by atoms with Gasteiger partial charge in [0.15, 0.2) is 5.11 Å². The van der Waals surface area contributed by atoms with Crippen molar-refractivity contribution in [1.82, 2.24) is 25.1 Å². The quantitative estimate of drug-likeness (QED) is 0.396. The summed E-state index contributed by atoms with van der Waals surface area (Å²) < 4.78 is 7.80. The zero-order chi connectivity index (χ0) is 21.1. The lowest BCUT2D eigenvalue weighted by Crippen LogP contribution is -2.34. The van der Waals surface area contributed by atoms with Gasteiger partial charge < -0.3 is 10.1 Å². The van der Waals surface area contributed by atoms with Gasteiger partial charge in [-0.1, -0.05) is 11.3 Å². The number of ether oxygens (including phenoxy) is 1. The Morgan fingerprint density at radius 3 is 2.77 bits per heavy atom. The first-order valence-electron chi connectivity index (χ1n) is 8.85. The third kappa shape index (κ3) is 4.48. The fourth-order valence-corrected chi connectivity index (χ4v) is 4.15. The number of anilines is 1. The molecule has 2 aromatic carbocycles. The molecule has 2 aromatic heterocycles. The van der Waals surface area contributed by atoms with Crippen molar-refractivity contribution in [3.05, 3.63) is 58.8 Å². The SMILES string of the molecule is CCOc1ccc(C(=O)NC(=S)Nc2ccc(-c3nn4cnnc4s3)cc2)cc1Br. The van der Waals surface area contributed by atoms with Crippen molar-refractivity contribution in [2.45, 2.75) is 6.92 Å². The highest BCUT2D eigenvalue weighted by molar-refractivity contribution is 9.10. The van der Waals surface area contributed by atoms with E-state index in [1.165, 1.54) is 11.3 Å². The maximum atomic E-state index is 12.4. The maximum absolute atomic E-state index is 12.4. The average Bonchev–Trinajstić information content (AvgIpc) is 3.32. The molecule has 0 unspecified atom stereocenters. The highest BCUT2D eigenvalue weighted by Crippen LogP contribution is 2.27. The number of benzene rings is 2. The predicted molar refractivity (Wildman–Crippen MR) is 123 cm³/mol. The molecule has 0 aliphatic rings. The summed E-state index contributed by atoms with van der Waals surface area (Å²) in [7, 11) is 0. The topological polar surface area (TPSA) is 93.4 Å². The molecule has 0 saturated heterocycles. The molecule has 2 N–H and O–H groups in total. The van der Waals surface area contributed by atoms with Crippen LogP contribution in [-0.2, 0) is 0 Å². The largest absolute Gasteiger partial charge is 0.493 e. The normalized spacial score (nSPS) is 10.7. The van der Waals surface area contributed by atoms with Gasteiger partial charge in [0.2, 0.25) is 4.96 Å². The molecule has 0 bridgehead atoms. The predicted octanol–water partition coefficient (Wildman–Crippen LogP) is 4.14. The molecule has 0 radical (unpaired) electrons. The summed E-state index contributed by atoms with van der Waals surface area (Å²) in [5.41, 5.74) is 2.17. The Hall–Kier alpha value is -2.89. The Morgan fingerprint density at radius 1 is 1.27 bits per heavy atom. The Morgan fingerprint density at radius 2 is 2.07 bits per heavy atom. The van der Waals surface area contributed by atoms with Crippen LogP contribution in [0.3, 0.4) is 0 Å². The van der Waals surface area contributed by atoms with E-state index in [9.17, 15) is 4.79 Å². The van der Waals surface area contributed by atoms with E-state index in [0.717, 1.165) is 21.2 Å². The number of nitrogens with one attached hydrogen (secondary N) is 2. The first-order valence-corrected chi connectivity index (χ1v) is 10.9. The summed E-state index contributed by atoms with van der Waals surface area (Å²) in [4.78, 5) is 13.2. The van der Waals surface area contributed by atoms with Gasteiger partial charge in [-0.05, 0) is 77.5 Å². The molecule has 152 valence electrons. The Balaban J connectivity index is 1.38. The number of amides is 1. The Labute approximate surface area is 189 Å². The second kappa shape index (κ2) is 8.86. The number of carbonyl (C=O) groups is 1. The summed E-state index contributed by atoms with van der Waals surface area (Å²) in [6.45, 7) is 2.45. The number of halogens is 1. The van der Waals surface area contributed by atoms with E-state index in [1.807, 2.05) is 31.2 Å². The van der Waals surface area contributed by atoms with Crippen LogP contribution in [0.1, 0.15) is 17.3 Å². The van der Waals surface area contributed by atoms with Crippen molar-refractivity contribution in [2.24, 2.45) is 0 Å². The van der Waals surface area contributed by atoms with E-state index in [2.05, 4.69) is 41.9 Å². The molecule has 0 fully saturated rings. The number of carbonyl (C=O) groups excluding carboxylic acids is 1. The Kier molecular flexibility index (Phi) is 6.02. The van der Waals surface area contributed by atoms with Crippen LogP contribution in [0.4, 0.5) is 5.69 Å². The number of thiocarbonyl (C=S) groups is 1. The average molecular weight is 503 g/mol. The highest BCUT2D eigenvalue weighted by Gasteiger charge is 2.12. The summed E-state index contributed by atoms with van der Waals surface area (Å²) in [6.07, 6.45) is 1.56. The number of hydrogen-bond donors (Lipinski definition) is 2. The van der Waals surface area contributed by atoms with Crippen LogP contribution in [0.5, 0.6) is 5.75 Å². The van der Waals surface area contributed by atoms with Crippen molar-refractivity contribution in [2.75, 3.05) is 11.9 Å². The molecule has 11 heteroatoms. The fourth-order valence-electron chi connectivity index (χ4n) is 2.62. The van der Waals surface area contributed by atoms with Gasteiger partial charge >= 0.3 is 0 Å². The smallest absolute Gasteiger partial charge is 0.257 e. The van der Waals surface area contributed by atoms with Crippen LogP contribution >= 0.6 is 39.5 Å². The molecule has 4 rings (SSSR count). The summed E-state index contributed by atoms with van der Waals surface area (Å²) >= 11 is 10.1. The number of rotatable bonds is 5. The zero-order valence-electron chi connectivity index (χ0n) is 15.6. The second-order valence-corrected chi connectivity index (χ2v) is 8.25. The number of nitrogens with zero attached hydrogens (tertiary/aromatic N) is 4. The lowest BCUT2D eigenvalue weighted by Gasteiger charge is -2.11. The number of fused-ring (bicyclic) bond motifs is 1. The maximum Gasteiger partial charge on any atom is 0.257 e. The highest BCUT2D eigenvalue weighted by atomic mass is 79.9. The minimum Gasteiger partial charge on any atom is -0.493 e. The first kappa shape index (κ1) is 20.4. The van der Waals surface area contributed by atoms with Crippen LogP contribution in [0.15, 0.2) is 53.3 Å². The van der Waals surface area contributed by atoms with Gasteiger partial charge in [0.05, 0.1) is 11.1 Å². The van der Waals surface area contributed by atoms with Crippen molar-refractivity contribution >= 4 is 61.2 Å². The van der Waals surface area contributed by atoms with Gasteiger partial charge in [-0.3, -0.25) is 10.1 Å². The molecule has 0 saturated carbocycles. The van der Waals surface area contributed by atoms with Gasteiger partial charge in [0.1, 0.15) is 17.1 Å². The van der Waals surface area contributed by atoms with Crippen molar-refractivity contribution in [3.63, 3.8) is 0 Å². The van der Waals surface area contributed by atoms with E-state index in [0.29, 0.717) is 22.4 Å². The lowest BCUT2D eigenvalue weighted by molar-refractivity contribution is 0.0977. The molecule has 2 heterocycles. The van der Waals surface area contributed by atoms with E-state index < -0.39 is 0 Å². The molecular formula is C19H15BrN6O2S2. The second-order valence-electron chi connectivity index (χ2n) is 6.03. The monoisotopic (exact) mass is 502 g/mol. The third-order valence-corrected chi connectivity index (χ3v) is 5.78. The Bertz CT molecular complexity index is 1190. The van der Waals surface area contributed by atoms with Gasteiger partial charge in [-0.15, -0.1) is 10.2 Å². The van der Waals surface area contributed by atoms with Crippen LogP contribution in [0.25, 0.3) is 15.5 Å². The fraction of sp³-hybridized carbons (Fsp3) is 0.105. The summed E-state index contributed by atoms with van der Waals surface area (Å²) in [5, 5.41) is 18.9. The van der Waals surface area contributed by atoms with Crippen molar-refractivity contribution in [3.8, 4) is 16.3 Å². The van der Waals surface area contributed by atoms with E-state index in [1.54, 1.807) is 29.0 Å². The molecule has 30 heavy (non-hydrogen) atoms. The molecule has 8 nitrogen and oxygen atoms in total. The molecule has 0 aliphatic carbocycles. The van der Waals surface area contributed by atoms with Gasteiger partial charge in [0, 0.05) is 16.8 Å². The molecule has 0 spiro atoms. The molecule has 4 aromatic rings. The molecular weight excluding hydrogens is 488 g/mol. The summed E-state index contributed by atoms with van der Waals surface area (Å²) in [6, 6.07) is 12.7. The first-order chi connectivity index (χ1) is 14.5. The van der Waals surface area contributed by atoms with Gasteiger partial charge in [-0.2, -0.15) is 9.61 Å². The van der Waals surface area contributed by atoms with Crippen LogP contribution in [0.2, 0.25) is 0 Å². The minimum absolute atomic E-state index is 0.205. The number of hydrogen-bond acceptors (Lipinski definition) is 7. The standard InChI is InChI=1S/C19H15BrN6O2S2/c1-2-28-15-8-5-12(9-14(15)20)16(27)23-18(29)22-13-6-3-11(4-7-13)17-25-26-10-21-24-19(26)30-17/h3-10H,2H2,1H3,(H2,22,23,27,29). The van der Waals surface area contributed by atoms with Crippen molar-refractivity contribution < 1.29 is 9.53 Å². The third-order valence-electron chi connectivity index (χ3n) is 4.00. The van der Waals surface area contributed by atoms with E-state index >= 15 is 0 Å². The van der Waals surface area contributed by atoms with E-state index in [4.69, 9.17) is 17.0 Å². The molecule has 1 amide bonds. The van der Waals surface area contributed by atoms with Gasteiger partial charge in [-0.25, -0.2) is 0 Å². The zero-order valence-corrected chi connectivity index (χ0v) is 18.8. The van der Waals surface area contributed by atoms with Crippen LogP contribution in [-0.4, -0.2) is 37.4 Å². The number of aromatic nitrogens is 4. The van der Waals surface area contributed by atoms with Crippen molar-refractivity contribution in [1.29, 1.82) is 0 Å². The molecule has 0 atom stereocenters. The summed E-state index contributed by atoms with van der Waals surface area (Å²) in [5.74, 6) is 0.368. The molecule has 0 aliphatic heterocycles. The van der Waals surface area contributed by atoms with Gasteiger partial charge in [0.25, 0.3) is 5.91 Å². The van der Waals surface area contributed by atoms with Crippen LogP contribution in [0, 0.1) is 0 Å². The van der Waals surface area contributed by atoms with Crippen LogP contribution < -0.4 is 15.4 Å².